The number of pyridine rings is 1. The number of rotatable bonds is 2. The van der Waals surface area contributed by atoms with Crippen LogP contribution in [0.2, 0.25) is 0 Å². The van der Waals surface area contributed by atoms with Crippen LogP contribution in [0.15, 0.2) is 47.1 Å². The van der Waals surface area contributed by atoms with Crippen molar-refractivity contribution in [1.82, 2.24) is 4.98 Å². The summed E-state index contributed by atoms with van der Waals surface area (Å²) >= 11 is 3.38. The van der Waals surface area contributed by atoms with E-state index in [9.17, 15) is 4.79 Å². The van der Waals surface area contributed by atoms with Crippen molar-refractivity contribution < 1.29 is 9.90 Å². The molecule has 4 heteroatoms. The minimum absolute atomic E-state index is 0.193. The second kappa shape index (κ2) is 4.45. The second-order valence-corrected chi connectivity index (χ2v) is 4.16. The largest absolute Gasteiger partial charge is 0.478 e. The number of aromatic nitrogens is 1. The van der Waals surface area contributed by atoms with Crippen LogP contribution in [0.1, 0.15) is 10.4 Å². The molecule has 0 spiro atoms. The average molecular weight is 278 g/mol. The molecule has 0 unspecified atom stereocenters. The fourth-order valence-corrected chi connectivity index (χ4v) is 1.74. The van der Waals surface area contributed by atoms with Crippen molar-refractivity contribution in [2.45, 2.75) is 0 Å². The molecule has 1 aromatic heterocycles. The molecule has 1 heterocycles. The molecule has 0 aliphatic heterocycles. The van der Waals surface area contributed by atoms with Gasteiger partial charge in [-0.3, -0.25) is 4.98 Å². The highest BCUT2D eigenvalue weighted by molar-refractivity contribution is 9.10. The van der Waals surface area contributed by atoms with Gasteiger partial charge in [-0.2, -0.15) is 0 Å². The van der Waals surface area contributed by atoms with Gasteiger partial charge < -0.3 is 5.11 Å². The topological polar surface area (TPSA) is 50.2 Å². The van der Waals surface area contributed by atoms with E-state index < -0.39 is 5.97 Å². The van der Waals surface area contributed by atoms with Crippen molar-refractivity contribution in [3.8, 4) is 11.3 Å². The molecule has 0 bridgehead atoms. The summed E-state index contributed by atoms with van der Waals surface area (Å²) in [6, 6.07) is 10.9. The third-order valence-corrected chi connectivity index (χ3v) is 2.62. The Hall–Kier alpha value is -1.68. The van der Waals surface area contributed by atoms with E-state index >= 15 is 0 Å². The molecule has 0 atom stereocenters. The van der Waals surface area contributed by atoms with Crippen LogP contribution in [0.4, 0.5) is 0 Å². The molecular formula is C12H8BrNO2. The Labute approximate surface area is 101 Å². The van der Waals surface area contributed by atoms with Gasteiger partial charge in [0.05, 0.1) is 11.3 Å². The molecule has 0 fully saturated rings. The van der Waals surface area contributed by atoms with E-state index in [1.165, 1.54) is 6.20 Å². The summed E-state index contributed by atoms with van der Waals surface area (Å²) in [5.74, 6) is -0.965. The highest BCUT2D eigenvalue weighted by atomic mass is 79.9. The first-order valence-electron chi connectivity index (χ1n) is 4.62. The predicted octanol–water partition coefficient (Wildman–Crippen LogP) is 3.21. The molecule has 2 rings (SSSR count). The smallest absolute Gasteiger partial charge is 0.337 e. The lowest BCUT2D eigenvalue weighted by atomic mass is 10.1. The molecule has 0 amide bonds. The first kappa shape index (κ1) is 10.8. The maximum atomic E-state index is 10.7. The summed E-state index contributed by atoms with van der Waals surface area (Å²) < 4.78 is 0.967. The van der Waals surface area contributed by atoms with Crippen LogP contribution in [0, 0.1) is 0 Å². The van der Waals surface area contributed by atoms with Crippen LogP contribution in [0.3, 0.4) is 0 Å². The lowest BCUT2D eigenvalue weighted by Crippen LogP contribution is -1.96. The number of carbonyl (C=O) groups is 1. The number of nitrogens with zero attached hydrogens (tertiary/aromatic N) is 1. The van der Waals surface area contributed by atoms with Crippen molar-refractivity contribution in [2.75, 3.05) is 0 Å². The molecule has 3 nitrogen and oxygen atoms in total. The molecule has 2 aromatic rings. The van der Waals surface area contributed by atoms with E-state index in [1.54, 1.807) is 12.1 Å². The zero-order valence-corrected chi connectivity index (χ0v) is 9.81. The van der Waals surface area contributed by atoms with Crippen LogP contribution < -0.4 is 0 Å². The number of halogens is 1. The lowest BCUT2D eigenvalue weighted by molar-refractivity contribution is 0.0696. The van der Waals surface area contributed by atoms with E-state index in [2.05, 4.69) is 20.9 Å². The van der Waals surface area contributed by atoms with Crippen molar-refractivity contribution in [3.63, 3.8) is 0 Å². The maximum absolute atomic E-state index is 10.7. The molecule has 0 saturated heterocycles. The monoisotopic (exact) mass is 277 g/mol. The Morgan fingerprint density at radius 3 is 2.62 bits per heavy atom. The third-order valence-electron chi connectivity index (χ3n) is 2.13. The van der Waals surface area contributed by atoms with Gasteiger partial charge >= 0.3 is 5.97 Å². The Balaban J connectivity index is 2.38. The van der Waals surface area contributed by atoms with E-state index in [-0.39, 0.29) is 5.56 Å². The van der Waals surface area contributed by atoms with Crippen LogP contribution in [0.25, 0.3) is 11.3 Å². The lowest BCUT2D eigenvalue weighted by Gasteiger charge is -2.01. The quantitative estimate of drug-likeness (QED) is 0.917. The summed E-state index contributed by atoms with van der Waals surface area (Å²) in [7, 11) is 0. The van der Waals surface area contributed by atoms with Crippen LogP contribution in [-0.4, -0.2) is 16.1 Å². The van der Waals surface area contributed by atoms with Crippen LogP contribution in [0.5, 0.6) is 0 Å². The number of hydrogen-bond acceptors (Lipinski definition) is 2. The van der Waals surface area contributed by atoms with E-state index in [0.717, 1.165) is 15.7 Å². The van der Waals surface area contributed by atoms with Gasteiger partial charge in [-0.15, -0.1) is 0 Å². The van der Waals surface area contributed by atoms with Crippen molar-refractivity contribution in [1.29, 1.82) is 0 Å². The molecule has 80 valence electrons. The zero-order valence-electron chi connectivity index (χ0n) is 8.22. The first-order chi connectivity index (χ1) is 7.66. The summed E-state index contributed by atoms with van der Waals surface area (Å²) in [6.45, 7) is 0. The second-order valence-electron chi connectivity index (χ2n) is 3.25. The van der Waals surface area contributed by atoms with Crippen molar-refractivity contribution in [2.24, 2.45) is 0 Å². The van der Waals surface area contributed by atoms with E-state index in [0.29, 0.717) is 0 Å². The Morgan fingerprint density at radius 2 is 2.06 bits per heavy atom. The van der Waals surface area contributed by atoms with Gasteiger partial charge in [0.15, 0.2) is 0 Å². The predicted molar refractivity (Wildman–Crippen MR) is 64.3 cm³/mol. The Bertz CT molecular complexity index is 523. The van der Waals surface area contributed by atoms with E-state index in [1.807, 2.05) is 24.3 Å². The number of carboxylic acid groups (broad SMARTS) is 1. The number of carboxylic acids is 1. The summed E-state index contributed by atoms with van der Waals surface area (Å²) in [5.41, 5.74) is 1.90. The number of hydrogen-bond donors (Lipinski definition) is 1. The van der Waals surface area contributed by atoms with Crippen molar-refractivity contribution >= 4 is 21.9 Å². The molecular weight excluding hydrogens is 270 g/mol. The minimum Gasteiger partial charge on any atom is -0.478 e. The van der Waals surface area contributed by atoms with Gasteiger partial charge in [0.25, 0.3) is 0 Å². The maximum Gasteiger partial charge on any atom is 0.337 e. The number of aromatic carboxylic acids is 1. The van der Waals surface area contributed by atoms with Crippen molar-refractivity contribution in [3.05, 3.63) is 52.6 Å². The highest BCUT2D eigenvalue weighted by Gasteiger charge is 2.04. The van der Waals surface area contributed by atoms with E-state index in [4.69, 9.17) is 5.11 Å². The molecule has 0 aliphatic carbocycles. The first-order valence-corrected chi connectivity index (χ1v) is 5.41. The third kappa shape index (κ3) is 2.28. The number of benzene rings is 1. The van der Waals surface area contributed by atoms with Gasteiger partial charge in [-0.25, -0.2) is 4.79 Å². The average Bonchev–Trinajstić information content (AvgIpc) is 2.29. The fourth-order valence-electron chi connectivity index (χ4n) is 1.34. The Kier molecular flexibility index (Phi) is 3.01. The van der Waals surface area contributed by atoms with Gasteiger partial charge in [-0.05, 0) is 24.3 Å². The molecule has 1 N–H and O–H groups in total. The minimum atomic E-state index is -0.965. The highest BCUT2D eigenvalue weighted by Crippen LogP contribution is 2.21. The summed E-state index contributed by atoms with van der Waals surface area (Å²) in [4.78, 5) is 14.8. The molecule has 0 saturated carbocycles. The molecule has 0 aliphatic rings. The van der Waals surface area contributed by atoms with Gasteiger partial charge in [-0.1, -0.05) is 28.1 Å². The SMILES string of the molecule is O=C(O)c1ccc(-c2cccc(Br)c2)nc1. The molecule has 16 heavy (non-hydrogen) atoms. The standard InChI is InChI=1S/C12H8BrNO2/c13-10-3-1-2-8(6-10)11-5-4-9(7-14-11)12(15)16/h1-7H,(H,15,16). The summed E-state index contributed by atoms with van der Waals surface area (Å²) in [5, 5.41) is 8.74. The molecule has 0 radical (unpaired) electrons. The van der Waals surface area contributed by atoms with Gasteiger partial charge in [0.2, 0.25) is 0 Å². The summed E-state index contributed by atoms with van der Waals surface area (Å²) in [6.07, 6.45) is 1.36. The fraction of sp³-hybridized carbons (Fsp3) is 0. The Morgan fingerprint density at radius 1 is 1.25 bits per heavy atom. The van der Waals surface area contributed by atoms with Gasteiger partial charge in [0.1, 0.15) is 0 Å². The van der Waals surface area contributed by atoms with Crippen LogP contribution in [-0.2, 0) is 0 Å². The zero-order chi connectivity index (χ0) is 11.5. The normalized spacial score (nSPS) is 10.1. The van der Waals surface area contributed by atoms with Crippen LogP contribution >= 0.6 is 15.9 Å². The molecule has 1 aromatic carbocycles. The van der Waals surface area contributed by atoms with Gasteiger partial charge in [0, 0.05) is 16.2 Å².